The Balaban J connectivity index is 3.20. The smallest absolute Gasteiger partial charge is 0.305 e. The van der Waals surface area contributed by atoms with E-state index in [4.69, 9.17) is 4.74 Å². The van der Waals surface area contributed by atoms with Gasteiger partial charge < -0.3 is 14.6 Å². The van der Waals surface area contributed by atoms with Crippen molar-refractivity contribution in [1.82, 2.24) is 0 Å². The van der Waals surface area contributed by atoms with E-state index in [0.717, 1.165) is 12.8 Å². The Kier molecular flexibility index (Phi) is 7.63. The molecule has 4 nitrogen and oxygen atoms in total. The fraction of sp³-hybridized carbons (Fsp3) is 0.889. The van der Waals surface area contributed by atoms with Crippen molar-refractivity contribution in [3.63, 3.8) is 0 Å². The quantitative estimate of drug-likeness (QED) is 0.475. The van der Waals surface area contributed by atoms with Crippen LogP contribution >= 0.6 is 0 Å². The van der Waals surface area contributed by atoms with Crippen LogP contribution in [0, 0.1) is 0 Å². The number of hydrogen-bond donors (Lipinski definition) is 1. The van der Waals surface area contributed by atoms with Gasteiger partial charge in [0, 0.05) is 13.5 Å². The topological polar surface area (TPSA) is 55.8 Å². The second-order valence-electron chi connectivity index (χ2n) is 2.93. The third kappa shape index (κ3) is 7.74. The highest BCUT2D eigenvalue weighted by Crippen LogP contribution is 2.04. The number of ether oxygens (including phenoxy) is 2. The predicted octanol–water partition coefficient (Wildman–Crippen LogP) is 0.727. The Morgan fingerprint density at radius 3 is 2.62 bits per heavy atom. The number of aliphatic hydroxyl groups is 1. The summed E-state index contributed by atoms with van der Waals surface area (Å²) in [5, 5.41) is 9.23. The minimum atomic E-state index is -0.414. The molecule has 0 radical (unpaired) electrons. The molecule has 0 aromatic heterocycles. The van der Waals surface area contributed by atoms with Crippen molar-refractivity contribution in [3.8, 4) is 0 Å². The fourth-order valence-electron chi connectivity index (χ4n) is 1.03. The number of esters is 1. The Hall–Kier alpha value is -0.610. The van der Waals surface area contributed by atoms with Crippen molar-refractivity contribution in [2.24, 2.45) is 0 Å². The van der Waals surface area contributed by atoms with Gasteiger partial charge in [-0.2, -0.15) is 0 Å². The SMILES string of the molecule is COCC(O)CCCCC(=O)OC. The molecule has 0 saturated carbocycles. The number of unbranched alkanes of at least 4 members (excludes halogenated alkanes) is 1. The van der Waals surface area contributed by atoms with Gasteiger partial charge in [0.25, 0.3) is 0 Å². The molecule has 78 valence electrons. The molecule has 4 heteroatoms. The van der Waals surface area contributed by atoms with E-state index >= 15 is 0 Å². The van der Waals surface area contributed by atoms with E-state index in [1.165, 1.54) is 7.11 Å². The standard InChI is InChI=1S/C9H18O4/c1-12-7-8(10)5-3-4-6-9(11)13-2/h8,10H,3-7H2,1-2H3. The van der Waals surface area contributed by atoms with Crippen LogP contribution in [0.5, 0.6) is 0 Å². The molecule has 0 rings (SSSR count). The normalized spacial score (nSPS) is 12.5. The molecule has 1 N–H and O–H groups in total. The first kappa shape index (κ1) is 12.4. The molecule has 0 bridgehead atoms. The lowest BCUT2D eigenvalue weighted by molar-refractivity contribution is -0.140. The van der Waals surface area contributed by atoms with Crippen LogP contribution in [-0.4, -0.2) is 38.0 Å². The molecular weight excluding hydrogens is 172 g/mol. The molecule has 0 spiro atoms. The number of carbonyl (C=O) groups excluding carboxylic acids is 1. The fourth-order valence-corrected chi connectivity index (χ4v) is 1.03. The Morgan fingerprint density at radius 2 is 2.08 bits per heavy atom. The van der Waals surface area contributed by atoms with Crippen LogP contribution < -0.4 is 0 Å². The lowest BCUT2D eigenvalue weighted by atomic mass is 10.1. The molecule has 0 saturated heterocycles. The van der Waals surface area contributed by atoms with E-state index in [9.17, 15) is 9.90 Å². The summed E-state index contributed by atoms with van der Waals surface area (Å²) >= 11 is 0. The van der Waals surface area contributed by atoms with Crippen LogP contribution in [0.3, 0.4) is 0 Å². The monoisotopic (exact) mass is 190 g/mol. The van der Waals surface area contributed by atoms with E-state index in [2.05, 4.69) is 4.74 Å². The van der Waals surface area contributed by atoms with E-state index in [-0.39, 0.29) is 5.97 Å². The molecule has 0 aliphatic heterocycles. The number of aliphatic hydroxyl groups excluding tert-OH is 1. The van der Waals surface area contributed by atoms with Crippen molar-refractivity contribution in [2.45, 2.75) is 31.8 Å². The summed E-state index contributed by atoms with van der Waals surface area (Å²) in [6.45, 7) is 0.359. The second kappa shape index (κ2) is 8.01. The zero-order valence-electron chi connectivity index (χ0n) is 8.28. The number of carbonyl (C=O) groups is 1. The molecule has 0 amide bonds. The second-order valence-corrected chi connectivity index (χ2v) is 2.93. The maximum atomic E-state index is 10.7. The highest BCUT2D eigenvalue weighted by atomic mass is 16.5. The largest absolute Gasteiger partial charge is 0.469 e. The van der Waals surface area contributed by atoms with Gasteiger partial charge in [-0.15, -0.1) is 0 Å². The molecule has 1 unspecified atom stereocenters. The zero-order chi connectivity index (χ0) is 10.1. The molecule has 0 aliphatic carbocycles. The van der Waals surface area contributed by atoms with Gasteiger partial charge in [0.2, 0.25) is 0 Å². The van der Waals surface area contributed by atoms with Crippen molar-refractivity contribution in [2.75, 3.05) is 20.8 Å². The average Bonchev–Trinajstić information content (AvgIpc) is 2.12. The van der Waals surface area contributed by atoms with E-state index in [0.29, 0.717) is 19.4 Å². The molecule has 0 heterocycles. The summed E-state index contributed by atoms with van der Waals surface area (Å²) in [5.41, 5.74) is 0. The minimum absolute atomic E-state index is 0.193. The Bertz CT molecular complexity index is 136. The maximum Gasteiger partial charge on any atom is 0.305 e. The summed E-state index contributed by atoms with van der Waals surface area (Å²) in [6, 6.07) is 0. The lowest BCUT2D eigenvalue weighted by Crippen LogP contribution is -2.13. The van der Waals surface area contributed by atoms with Crippen LogP contribution in [-0.2, 0) is 14.3 Å². The summed E-state index contributed by atoms with van der Waals surface area (Å²) in [4.78, 5) is 10.7. The van der Waals surface area contributed by atoms with Gasteiger partial charge >= 0.3 is 5.97 Å². The predicted molar refractivity (Wildman–Crippen MR) is 48.4 cm³/mol. The molecule has 0 aromatic carbocycles. The van der Waals surface area contributed by atoms with Gasteiger partial charge in [0.1, 0.15) is 0 Å². The minimum Gasteiger partial charge on any atom is -0.469 e. The first-order valence-electron chi connectivity index (χ1n) is 4.44. The third-order valence-electron chi connectivity index (χ3n) is 1.75. The molecule has 0 aromatic rings. The molecule has 0 fully saturated rings. The van der Waals surface area contributed by atoms with Crippen LogP contribution in [0.25, 0.3) is 0 Å². The van der Waals surface area contributed by atoms with Gasteiger partial charge in [-0.05, 0) is 12.8 Å². The van der Waals surface area contributed by atoms with Crippen LogP contribution in [0.1, 0.15) is 25.7 Å². The molecular formula is C9H18O4. The molecule has 0 aliphatic rings. The van der Waals surface area contributed by atoms with Crippen molar-refractivity contribution < 1.29 is 19.4 Å². The van der Waals surface area contributed by atoms with Crippen molar-refractivity contribution in [3.05, 3.63) is 0 Å². The zero-order valence-corrected chi connectivity index (χ0v) is 8.28. The van der Waals surface area contributed by atoms with Crippen molar-refractivity contribution >= 4 is 5.97 Å². The van der Waals surface area contributed by atoms with Gasteiger partial charge in [-0.1, -0.05) is 6.42 Å². The first-order valence-corrected chi connectivity index (χ1v) is 4.44. The Labute approximate surface area is 78.8 Å². The summed E-state index contributed by atoms with van der Waals surface area (Å²) < 4.78 is 9.24. The summed E-state index contributed by atoms with van der Waals surface area (Å²) in [6.07, 6.45) is 2.26. The molecule has 1 atom stereocenters. The average molecular weight is 190 g/mol. The van der Waals surface area contributed by atoms with E-state index in [1.54, 1.807) is 7.11 Å². The maximum absolute atomic E-state index is 10.7. The lowest BCUT2D eigenvalue weighted by Gasteiger charge is -2.07. The molecule has 13 heavy (non-hydrogen) atoms. The summed E-state index contributed by atoms with van der Waals surface area (Å²) in [7, 11) is 2.93. The highest BCUT2D eigenvalue weighted by molar-refractivity contribution is 5.68. The van der Waals surface area contributed by atoms with Crippen LogP contribution in [0.4, 0.5) is 0 Å². The number of rotatable bonds is 7. The first-order chi connectivity index (χ1) is 6.20. The number of hydrogen-bond acceptors (Lipinski definition) is 4. The van der Waals surface area contributed by atoms with Gasteiger partial charge in [-0.3, -0.25) is 4.79 Å². The van der Waals surface area contributed by atoms with Crippen LogP contribution in [0.15, 0.2) is 0 Å². The van der Waals surface area contributed by atoms with Crippen LogP contribution in [0.2, 0.25) is 0 Å². The van der Waals surface area contributed by atoms with Gasteiger partial charge in [0.05, 0.1) is 19.8 Å². The summed E-state index contributed by atoms with van der Waals surface area (Å²) in [5.74, 6) is -0.193. The Morgan fingerprint density at radius 1 is 1.38 bits per heavy atom. The highest BCUT2D eigenvalue weighted by Gasteiger charge is 2.04. The van der Waals surface area contributed by atoms with Gasteiger partial charge in [-0.25, -0.2) is 0 Å². The van der Waals surface area contributed by atoms with Crippen molar-refractivity contribution in [1.29, 1.82) is 0 Å². The van der Waals surface area contributed by atoms with Gasteiger partial charge in [0.15, 0.2) is 0 Å². The van der Waals surface area contributed by atoms with E-state index < -0.39 is 6.10 Å². The number of methoxy groups -OCH3 is 2. The third-order valence-corrected chi connectivity index (χ3v) is 1.75. The van der Waals surface area contributed by atoms with E-state index in [1.807, 2.05) is 0 Å².